The molecule has 0 saturated carbocycles. The monoisotopic (exact) mass is 646 g/mol. The highest BCUT2D eigenvalue weighted by Gasteiger charge is 2.09. The van der Waals surface area contributed by atoms with E-state index in [9.17, 15) is 9.59 Å². The molecule has 6 nitrogen and oxygen atoms in total. The van der Waals surface area contributed by atoms with Crippen LogP contribution in [0.4, 0.5) is 11.4 Å². The van der Waals surface area contributed by atoms with E-state index in [2.05, 4.69) is 31.2 Å². The number of hydrogen-bond donors (Lipinski definition) is 2. The number of ether oxygens (including phenoxy) is 2. The van der Waals surface area contributed by atoms with E-state index < -0.39 is 0 Å². The minimum absolute atomic E-state index is 0.0137. The number of hydrogen-bond acceptors (Lipinski definition) is 6. The fourth-order valence-corrected chi connectivity index (χ4v) is 5.60. The van der Waals surface area contributed by atoms with Gasteiger partial charge in [0.1, 0.15) is 5.75 Å². The predicted octanol–water partition coefficient (Wildman–Crippen LogP) is 10.1. The average molecular weight is 647 g/mol. The normalized spacial score (nSPS) is 11.1. The number of nitrogen functional groups attached to an aromatic ring is 2. The van der Waals surface area contributed by atoms with Gasteiger partial charge in [0, 0.05) is 16.9 Å². The summed E-state index contributed by atoms with van der Waals surface area (Å²) in [6.07, 6.45) is 15.8. The molecule has 0 fully saturated rings. The van der Waals surface area contributed by atoms with Crippen molar-refractivity contribution in [1.82, 2.24) is 0 Å². The quantitative estimate of drug-likeness (QED) is 0.0326. The first kappa shape index (κ1) is 36.0. The van der Waals surface area contributed by atoms with Gasteiger partial charge in [0.2, 0.25) is 0 Å². The number of unbranched alkanes of at least 4 members (excludes halogenated alkanes) is 8. The van der Waals surface area contributed by atoms with Crippen LogP contribution in [0.1, 0.15) is 103 Å². The Morgan fingerprint density at radius 1 is 0.625 bits per heavy atom. The van der Waals surface area contributed by atoms with Crippen LogP contribution in [0.25, 0.3) is 17.2 Å². The Morgan fingerprint density at radius 3 is 1.75 bits per heavy atom. The van der Waals surface area contributed by atoms with Crippen LogP contribution >= 0.6 is 0 Å². The van der Waals surface area contributed by atoms with Crippen LogP contribution in [0.15, 0.2) is 97.1 Å². The summed E-state index contributed by atoms with van der Waals surface area (Å²) >= 11 is 0. The van der Waals surface area contributed by atoms with E-state index in [4.69, 9.17) is 20.9 Å². The molecular weight excluding hydrogens is 596 g/mol. The van der Waals surface area contributed by atoms with Gasteiger partial charge in [-0.2, -0.15) is 0 Å². The van der Waals surface area contributed by atoms with E-state index in [0.717, 1.165) is 67.4 Å². The maximum atomic E-state index is 12.7. The summed E-state index contributed by atoms with van der Waals surface area (Å²) in [5.41, 5.74) is 18.1. The Balaban J connectivity index is 1.02. The zero-order valence-electron chi connectivity index (χ0n) is 28.3. The molecule has 0 bridgehead atoms. The van der Waals surface area contributed by atoms with E-state index in [0.29, 0.717) is 35.7 Å². The lowest BCUT2D eigenvalue weighted by Gasteiger charge is -2.07. The van der Waals surface area contributed by atoms with Gasteiger partial charge in [-0.25, -0.2) is 4.79 Å². The molecule has 4 N–H and O–H groups in total. The highest BCUT2D eigenvalue weighted by atomic mass is 16.5. The molecule has 4 rings (SSSR count). The number of esters is 1. The van der Waals surface area contributed by atoms with Crippen molar-refractivity contribution in [2.24, 2.45) is 0 Å². The van der Waals surface area contributed by atoms with Crippen LogP contribution < -0.4 is 16.2 Å². The summed E-state index contributed by atoms with van der Waals surface area (Å²) < 4.78 is 11.3. The number of nitrogens with two attached hydrogens (primary N) is 2. The van der Waals surface area contributed by atoms with Crippen molar-refractivity contribution in [2.75, 3.05) is 24.7 Å². The third-order valence-corrected chi connectivity index (χ3v) is 8.31. The summed E-state index contributed by atoms with van der Waals surface area (Å²) in [6, 6.07) is 29.1. The second kappa shape index (κ2) is 19.7. The van der Waals surface area contributed by atoms with E-state index in [1.807, 2.05) is 54.6 Å². The van der Waals surface area contributed by atoms with E-state index in [1.165, 1.54) is 31.2 Å². The molecule has 0 aromatic heterocycles. The van der Waals surface area contributed by atoms with Crippen molar-refractivity contribution in [2.45, 2.75) is 77.6 Å². The molecule has 4 aromatic carbocycles. The molecule has 0 aliphatic heterocycles. The third-order valence-electron chi connectivity index (χ3n) is 8.31. The van der Waals surface area contributed by atoms with Crippen molar-refractivity contribution in [1.29, 1.82) is 0 Å². The molecule has 4 aromatic rings. The zero-order valence-corrected chi connectivity index (χ0v) is 28.3. The average Bonchev–Trinajstić information content (AvgIpc) is 3.09. The molecule has 6 heteroatoms. The molecule has 0 radical (unpaired) electrons. The van der Waals surface area contributed by atoms with Crippen molar-refractivity contribution < 1.29 is 19.1 Å². The second-order valence-corrected chi connectivity index (χ2v) is 12.3. The lowest BCUT2D eigenvalue weighted by Crippen LogP contribution is -2.07. The topological polar surface area (TPSA) is 105 Å². The zero-order chi connectivity index (χ0) is 34.0. The molecular formula is C42H50N2O4. The van der Waals surface area contributed by atoms with Gasteiger partial charge in [0.15, 0.2) is 5.78 Å². The Kier molecular flexibility index (Phi) is 14.8. The minimum atomic E-state index is -0.377. The van der Waals surface area contributed by atoms with Crippen LogP contribution in [0, 0.1) is 0 Å². The highest BCUT2D eigenvalue weighted by Crippen LogP contribution is 2.22. The van der Waals surface area contributed by atoms with Gasteiger partial charge in [-0.1, -0.05) is 125 Å². The first-order valence-electron chi connectivity index (χ1n) is 17.4. The smallest absolute Gasteiger partial charge is 0.338 e. The third kappa shape index (κ3) is 12.4. The summed E-state index contributed by atoms with van der Waals surface area (Å²) in [7, 11) is 0. The highest BCUT2D eigenvalue weighted by molar-refractivity contribution is 6.07. The molecule has 252 valence electrons. The molecule has 0 saturated heterocycles. The minimum Gasteiger partial charge on any atom is -0.494 e. The predicted molar refractivity (Wildman–Crippen MR) is 198 cm³/mol. The summed E-state index contributed by atoms with van der Waals surface area (Å²) in [4.78, 5) is 24.8. The molecule has 0 aliphatic rings. The number of benzene rings is 4. The molecule has 0 heterocycles. The van der Waals surface area contributed by atoms with Gasteiger partial charge in [0.05, 0.1) is 18.8 Å². The number of ketones is 1. The Labute approximate surface area is 286 Å². The Morgan fingerprint density at radius 2 is 1.17 bits per heavy atom. The Bertz CT molecular complexity index is 1570. The van der Waals surface area contributed by atoms with E-state index in [1.54, 1.807) is 24.3 Å². The second-order valence-electron chi connectivity index (χ2n) is 12.3. The van der Waals surface area contributed by atoms with Gasteiger partial charge in [-0.15, -0.1) is 0 Å². The first-order valence-corrected chi connectivity index (χ1v) is 17.4. The number of anilines is 2. The summed E-state index contributed by atoms with van der Waals surface area (Å²) in [5.74, 6) is 0.456. The van der Waals surface area contributed by atoms with Gasteiger partial charge in [0.25, 0.3) is 0 Å². The SMILES string of the molecule is CCCc1ccc(-c2ccc(C(=O)/C=C/c3ccc(OCCCCCCCCCCCOC(=O)c4cc(N)cc(N)c4)cc3)cc2)cc1. The maximum Gasteiger partial charge on any atom is 0.338 e. The van der Waals surface area contributed by atoms with Crippen molar-refractivity contribution in [3.63, 3.8) is 0 Å². The van der Waals surface area contributed by atoms with Crippen LogP contribution in [0.3, 0.4) is 0 Å². The fourth-order valence-electron chi connectivity index (χ4n) is 5.60. The van der Waals surface area contributed by atoms with Crippen molar-refractivity contribution in [3.8, 4) is 16.9 Å². The summed E-state index contributed by atoms with van der Waals surface area (Å²) in [6.45, 7) is 3.30. The number of aryl methyl sites for hydroxylation is 1. The number of carbonyl (C=O) groups excluding carboxylic acids is 2. The fraction of sp³-hybridized carbons (Fsp3) is 0.333. The Hall–Kier alpha value is -4.84. The largest absolute Gasteiger partial charge is 0.494 e. The number of rotatable bonds is 20. The van der Waals surface area contributed by atoms with E-state index in [-0.39, 0.29) is 11.8 Å². The molecule has 0 amide bonds. The number of allylic oxidation sites excluding steroid dienone is 1. The van der Waals surface area contributed by atoms with Gasteiger partial charge < -0.3 is 20.9 Å². The standard InChI is InChI=1S/C42H50N2O4/c1-2-12-32-13-18-34(19-14-32)35-20-22-36(23-21-35)41(45)26-17-33-15-24-40(25-16-33)47-27-10-8-6-4-3-5-7-9-11-28-48-42(46)37-29-38(43)31-39(44)30-37/h13-26,29-31H,2-12,27-28,43-44H2,1H3/b26-17+. The van der Waals surface area contributed by atoms with Crippen LogP contribution in [0.2, 0.25) is 0 Å². The van der Waals surface area contributed by atoms with Gasteiger partial charge in [-0.3, -0.25) is 4.79 Å². The molecule has 0 spiro atoms. The maximum absolute atomic E-state index is 12.7. The molecule has 48 heavy (non-hydrogen) atoms. The first-order chi connectivity index (χ1) is 23.4. The van der Waals surface area contributed by atoms with Gasteiger partial charge in [-0.05, 0) is 77.9 Å². The lowest BCUT2D eigenvalue weighted by molar-refractivity contribution is 0.0497. The van der Waals surface area contributed by atoms with Crippen LogP contribution in [-0.2, 0) is 11.2 Å². The van der Waals surface area contributed by atoms with Crippen molar-refractivity contribution >= 4 is 29.2 Å². The van der Waals surface area contributed by atoms with Crippen molar-refractivity contribution in [3.05, 3.63) is 119 Å². The number of carbonyl (C=O) groups is 2. The lowest BCUT2D eigenvalue weighted by atomic mass is 10.00. The molecule has 0 atom stereocenters. The molecule has 0 unspecified atom stereocenters. The van der Waals surface area contributed by atoms with E-state index >= 15 is 0 Å². The van der Waals surface area contributed by atoms with Crippen LogP contribution in [0.5, 0.6) is 5.75 Å². The summed E-state index contributed by atoms with van der Waals surface area (Å²) in [5, 5.41) is 0. The molecule has 0 aliphatic carbocycles. The van der Waals surface area contributed by atoms with Crippen LogP contribution in [-0.4, -0.2) is 25.0 Å². The van der Waals surface area contributed by atoms with Gasteiger partial charge >= 0.3 is 5.97 Å².